The number of hydrogen-bond donors (Lipinski definition) is 1. The van der Waals surface area contributed by atoms with Crippen LogP contribution in [-0.4, -0.2) is 15.0 Å². The lowest BCUT2D eigenvalue weighted by Crippen LogP contribution is -2.34. The molecular weight excluding hydrogens is 357 g/mol. The lowest BCUT2D eigenvalue weighted by molar-refractivity contribution is 0.320. The van der Waals surface area contributed by atoms with E-state index < -0.39 is 15.8 Å². The zero-order chi connectivity index (χ0) is 16.1. The van der Waals surface area contributed by atoms with Gasteiger partial charge in [-0.1, -0.05) is 56.0 Å². The molecule has 1 rings (SSSR count). The van der Waals surface area contributed by atoms with Crippen molar-refractivity contribution in [3.8, 4) is 0 Å². The highest BCUT2D eigenvalue weighted by Crippen LogP contribution is 2.24. The smallest absolute Gasteiger partial charge is 0.211 e. The number of hydrogen-bond acceptors (Lipinski definition) is 2. The van der Waals surface area contributed by atoms with Gasteiger partial charge in [0.2, 0.25) is 10.0 Å². The standard InChI is InChI=1S/C15H23BrFNO2S/c1-4-5-6-9-15(2,3)11-18-21(19,20)14-8-7-12(16)10-13(14)17/h7-8,10,18H,4-6,9,11H2,1-3H3. The summed E-state index contributed by atoms with van der Waals surface area (Å²) in [5, 5.41) is 0. The van der Waals surface area contributed by atoms with Crippen LogP contribution in [0.3, 0.4) is 0 Å². The van der Waals surface area contributed by atoms with Crippen molar-refractivity contribution in [2.24, 2.45) is 5.41 Å². The largest absolute Gasteiger partial charge is 0.243 e. The highest BCUT2D eigenvalue weighted by atomic mass is 79.9. The van der Waals surface area contributed by atoms with Gasteiger partial charge in [0.1, 0.15) is 10.7 Å². The number of nitrogens with one attached hydrogen (secondary N) is 1. The van der Waals surface area contributed by atoms with Gasteiger partial charge in [-0.25, -0.2) is 17.5 Å². The molecule has 0 aliphatic heterocycles. The summed E-state index contributed by atoms with van der Waals surface area (Å²) in [5.41, 5.74) is -0.145. The molecule has 0 aromatic heterocycles. The predicted molar refractivity (Wildman–Crippen MR) is 87.2 cm³/mol. The minimum absolute atomic E-state index is 0.145. The SMILES string of the molecule is CCCCCC(C)(C)CNS(=O)(=O)c1ccc(Br)cc1F. The van der Waals surface area contributed by atoms with E-state index in [-0.39, 0.29) is 10.3 Å². The summed E-state index contributed by atoms with van der Waals surface area (Å²) < 4.78 is 41.1. The molecule has 1 aromatic rings. The molecule has 3 nitrogen and oxygen atoms in total. The predicted octanol–water partition coefficient (Wildman–Crippen LogP) is 4.47. The number of benzene rings is 1. The molecule has 0 atom stereocenters. The van der Waals surface area contributed by atoms with Crippen LogP contribution in [0.1, 0.15) is 46.5 Å². The maximum Gasteiger partial charge on any atom is 0.243 e. The van der Waals surface area contributed by atoms with Crippen molar-refractivity contribution in [2.45, 2.75) is 51.3 Å². The van der Waals surface area contributed by atoms with Crippen LogP contribution in [0.4, 0.5) is 4.39 Å². The fourth-order valence-electron chi connectivity index (χ4n) is 2.00. The third-order valence-electron chi connectivity index (χ3n) is 3.38. The number of unbranched alkanes of at least 4 members (excludes halogenated alkanes) is 2. The molecule has 0 amide bonds. The topological polar surface area (TPSA) is 46.2 Å². The van der Waals surface area contributed by atoms with Crippen molar-refractivity contribution in [1.82, 2.24) is 4.72 Å². The molecule has 21 heavy (non-hydrogen) atoms. The molecular formula is C15H23BrFNO2S. The highest BCUT2D eigenvalue weighted by molar-refractivity contribution is 9.10. The quantitative estimate of drug-likeness (QED) is 0.677. The summed E-state index contributed by atoms with van der Waals surface area (Å²) in [7, 11) is -3.82. The molecule has 0 bridgehead atoms. The molecule has 1 N–H and O–H groups in total. The van der Waals surface area contributed by atoms with Gasteiger partial charge >= 0.3 is 0 Å². The van der Waals surface area contributed by atoms with E-state index >= 15 is 0 Å². The maximum atomic E-state index is 13.8. The molecule has 0 heterocycles. The van der Waals surface area contributed by atoms with Crippen molar-refractivity contribution >= 4 is 26.0 Å². The van der Waals surface area contributed by atoms with Gasteiger partial charge < -0.3 is 0 Å². The zero-order valence-corrected chi connectivity index (χ0v) is 15.2. The van der Waals surface area contributed by atoms with E-state index in [0.717, 1.165) is 31.7 Å². The first-order valence-electron chi connectivity index (χ1n) is 7.13. The summed E-state index contributed by atoms with van der Waals surface area (Å²) in [4.78, 5) is -0.310. The summed E-state index contributed by atoms with van der Waals surface area (Å²) in [6, 6.07) is 3.94. The first-order chi connectivity index (χ1) is 9.68. The Hall–Kier alpha value is -0.460. The molecule has 1 aromatic carbocycles. The Morgan fingerprint density at radius 2 is 1.95 bits per heavy atom. The van der Waals surface area contributed by atoms with Gasteiger partial charge in [0.05, 0.1) is 0 Å². The number of rotatable bonds is 8. The molecule has 0 aliphatic rings. The van der Waals surface area contributed by atoms with Crippen molar-refractivity contribution in [1.29, 1.82) is 0 Å². The third kappa shape index (κ3) is 6.04. The van der Waals surface area contributed by atoms with Gasteiger partial charge in [0.15, 0.2) is 0 Å². The van der Waals surface area contributed by atoms with Gasteiger partial charge in [-0.15, -0.1) is 0 Å². The van der Waals surface area contributed by atoms with Crippen molar-refractivity contribution in [3.63, 3.8) is 0 Å². The minimum Gasteiger partial charge on any atom is -0.211 e. The summed E-state index contributed by atoms with van der Waals surface area (Å²) in [6.45, 7) is 6.47. The van der Waals surface area contributed by atoms with E-state index in [1.165, 1.54) is 12.1 Å². The fraction of sp³-hybridized carbons (Fsp3) is 0.600. The second-order valence-corrected chi connectivity index (χ2v) is 8.67. The van der Waals surface area contributed by atoms with E-state index in [2.05, 4.69) is 27.6 Å². The average molecular weight is 380 g/mol. The van der Waals surface area contributed by atoms with E-state index in [0.29, 0.717) is 11.0 Å². The van der Waals surface area contributed by atoms with E-state index in [1.54, 1.807) is 0 Å². The maximum absolute atomic E-state index is 13.8. The number of sulfonamides is 1. The Morgan fingerprint density at radius 1 is 1.29 bits per heavy atom. The molecule has 120 valence electrons. The summed E-state index contributed by atoms with van der Waals surface area (Å²) >= 11 is 3.11. The summed E-state index contributed by atoms with van der Waals surface area (Å²) in [5.74, 6) is -0.749. The monoisotopic (exact) mass is 379 g/mol. The Bertz CT molecular complexity index is 573. The van der Waals surface area contributed by atoms with E-state index in [4.69, 9.17) is 0 Å². The second-order valence-electron chi connectivity index (χ2n) is 6.02. The molecule has 0 spiro atoms. The van der Waals surface area contributed by atoms with Crippen molar-refractivity contribution in [3.05, 3.63) is 28.5 Å². The van der Waals surface area contributed by atoms with Crippen LogP contribution < -0.4 is 4.72 Å². The molecule has 0 aliphatic carbocycles. The van der Waals surface area contributed by atoms with Crippen LogP contribution in [0.25, 0.3) is 0 Å². The normalized spacial score (nSPS) is 12.6. The number of halogens is 2. The Kier molecular flexibility index (Phi) is 6.81. The second kappa shape index (κ2) is 7.70. The van der Waals surface area contributed by atoms with Gasteiger partial charge in [0.25, 0.3) is 0 Å². The van der Waals surface area contributed by atoms with Crippen LogP contribution >= 0.6 is 15.9 Å². The van der Waals surface area contributed by atoms with Crippen molar-refractivity contribution < 1.29 is 12.8 Å². The van der Waals surface area contributed by atoms with Gasteiger partial charge in [-0.05, 0) is 30.0 Å². The van der Waals surface area contributed by atoms with Crippen LogP contribution in [-0.2, 0) is 10.0 Å². The first kappa shape index (κ1) is 18.6. The fourth-order valence-corrected chi connectivity index (χ4v) is 3.64. The Balaban J connectivity index is 2.72. The molecule has 6 heteroatoms. The van der Waals surface area contributed by atoms with Gasteiger partial charge in [-0.3, -0.25) is 0 Å². The lowest BCUT2D eigenvalue weighted by atomic mass is 9.87. The molecule has 0 unspecified atom stereocenters. The first-order valence-corrected chi connectivity index (χ1v) is 9.40. The Labute approximate surface area is 135 Å². The zero-order valence-electron chi connectivity index (χ0n) is 12.7. The Morgan fingerprint density at radius 3 is 2.52 bits per heavy atom. The lowest BCUT2D eigenvalue weighted by Gasteiger charge is -2.25. The molecule has 0 saturated carbocycles. The van der Waals surface area contributed by atoms with Crippen LogP contribution in [0.15, 0.2) is 27.6 Å². The van der Waals surface area contributed by atoms with Crippen LogP contribution in [0.2, 0.25) is 0 Å². The highest BCUT2D eigenvalue weighted by Gasteiger charge is 2.24. The van der Waals surface area contributed by atoms with Gasteiger partial charge in [0, 0.05) is 11.0 Å². The molecule has 0 fully saturated rings. The summed E-state index contributed by atoms with van der Waals surface area (Å²) in [6.07, 6.45) is 4.27. The average Bonchev–Trinajstić information content (AvgIpc) is 2.36. The molecule has 0 radical (unpaired) electrons. The van der Waals surface area contributed by atoms with Crippen LogP contribution in [0.5, 0.6) is 0 Å². The van der Waals surface area contributed by atoms with E-state index in [1.807, 2.05) is 13.8 Å². The molecule has 0 saturated heterocycles. The third-order valence-corrected chi connectivity index (χ3v) is 5.31. The van der Waals surface area contributed by atoms with Crippen LogP contribution in [0, 0.1) is 11.2 Å². The van der Waals surface area contributed by atoms with Gasteiger partial charge in [-0.2, -0.15) is 0 Å². The van der Waals surface area contributed by atoms with Crippen molar-refractivity contribution in [2.75, 3.05) is 6.54 Å². The minimum atomic E-state index is -3.82. The van der Waals surface area contributed by atoms with E-state index in [9.17, 15) is 12.8 Å².